The summed E-state index contributed by atoms with van der Waals surface area (Å²) in [6.45, 7) is 4.34. The lowest BCUT2D eigenvalue weighted by Gasteiger charge is -2.14. The first kappa shape index (κ1) is 26.5. The van der Waals surface area contributed by atoms with Crippen molar-refractivity contribution in [2.45, 2.75) is 26.7 Å². The number of hydrogen-bond donors (Lipinski definition) is 1. The van der Waals surface area contributed by atoms with Gasteiger partial charge in [0, 0.05) is 17.3 Å². The molecule has 1 saturated heterocycles. The Morgan fingerprint density at radius 1 is 1.32 bits per heavy atom. The summed E-state index contributed by atoms with van der Waals surface area (Å²) in [6, 6.07) is 8.82. The molecule has 1 N–H and O–H groups in total. The number of ether oxygens (including phenoxy) is 2. The molecule has 2 amide bonds. The fourth-order valence-electron chi connectivity index (χ4n) is 3.18. The van der Waals surface area contributed by atoms with Gasteiger partial charge in [0.1, 0.15) is 4.32 Å². The summed E-state index contributed by atoms with van der Waals surface area (Å²) < 4.78 is 12.4. The summed E-state index contributed by atoms with van der Waals surface area (Å²) in [6.07, 6.45) is 3.66. The van der Waals surface area contributed by atoms with Crippen LogP contribution in [0.3, 0.4) is 0 Å². The second-order valence-corrected chi connectivity index (χ2v) is 10.5. The van der Waals surface area contributed by atoms with Crippen LogP contribution in [0.5, 0.6) is 11.5 Å². The highest BCUT2D eigenvalue weighted by Gasteiger charge is 2.31. The van der Waals surface area contributed by atoms with E-state index in [1.54, 1.807) is 35.2 Å². The van der Waals surface area contributed by atoms with Crippen molar-refractivity contribution >= 4 is 79.4 Å². The number of methoxy groups -OCH3 is 1. The highest BCUT2D eigenvalue weighted by molar-refractivity contribution is 9.10. The van der Waals surface area contributed by atoms with Gasteiger partial charge >= 0.3 is 0 Å². The van der Waals surface area contributed by atoms with Crippen molar-refractivity contribution in [2.75, 3.05) is 25.6 Å². The third-order valence-electron chi connectivity index (χ3n) is 4.98. The van der Waals surface area contributed by atoms with Gasteiger partial charge in [0.05, 0.1) is 16.5 Å². The third kappa shape index (κ3) is 6.53. The van der Waals surface area contributed by atoms with Crippen molar-refractivity contribution in [2.24, 2.45) is 0 Å². The van der Waals surface area contributed by atoms with Crippen molar-refractivity contribution in [3.63, 3.8) is 0 Å². The van der Waals surface area contributed by atoms with Gasteiger partial charge in [0.15, 0.2) is 18.1 Å². The predicted octanol–water partition coefficient (Wildman–Crippen LogP) is 6.44. The van der Waals surface area contributed by atoms with Crippen LogP contribution in [0.15, 0.2) is 39.7 Å². The van der Waals surface area contributed by atoms with E-state index in [-0.39, 0.29) is 18.4 Å². The topological polar surface area (TPSA) is 67.9 Å². The molecule has 34 heavy (non-hydrogen) atoms. The zero-order chi connectivity index (χ0) is 24.8. The summed E-state index contributed by atoms with van der Waals surface area (Å²) in [5, 5.41) is 3.33. The van der Waals surface area contributed by atoms with Crippen LogP contribution in [0.25, 0.3) is 6.08 Å². The SMILES string of the molecule is CCCCN1C(=O)/C(=C/c2cc(Br)c(OCC(=O)Nc3cc(Cl)ccc3C)c(OC)c2)SC1=S. The minimum Gasteiger partial charge on any atom is -0.493 e. The number of anilines is 1. The number of amides is 2. The number of thiocarbonyl (C=S) groups is 1. The lowest BCUT2D eigenvalue weighted by atomic mass is 10.1. The van der Waals surface area contributed by atoms with Crippen molar-refractivity contribution in [3.8, 4) is 11.5 Å². The molecule has 2 aromatic carbocycles. The number of thioether (sulfide) groups is 1. The average Bonchev–Trinajstić information content (AvgIpc) is 3.05. The second kappa shape index (κ2) is 12.1. The Bertz CT molecular complexity index is 1160. The summed E-state index contributed by atoms with van der Waals surface area (Å²) in [5.41, 5.74) is 2.26. The minimum atomic E-state index is -0.334. The van der Waals surface area contributed by atoms with E-state index < -0.39 is 0 Å². The van der Waals surface area contributed by atoms with Gasteiger partial charge in [-0.3, -0.25) is 14.5 Å². The van der Waals surface area contributed by atoms with Crippen LogP contribution in [0.2, 0.25) is 5.02 Å². The molecule has 1 heterocycles. The Kier molecular flexibility index (Phi) is 9.41. The molecule has 0 atom stereocenters. The molecule has 0 unspecified atom stereocenters. The van der Waals surface area contributed by atoms with Gasteiger partial charge in [-0.05, 0) is 70.7 Å². The molecule has 0 aromatic heterocycles. The summed E-state index contributed by atoms with van der Waals surface area (Å²) in [4.78, 5) is 27.4. The normalized spacial score (nSPS) is 14.6. The lowest BCUT2D eigenvalue weighted by molar-refractivity contribution is -0.122. The molecule has 0 spiro atoms. The van der Waals surface area contributed by atoms with Crippen LogP contribution in [0.1, 0.15) is 30.9 Å². The molecule has 1 aliphatic heterocycles. The number of nitrogens with one attached hydrogen (secondary N) is 1. The fraction of sp³-hybridized carbons (Fsp3) is 0.292. The fourth-order valence-corrected chi connectivity index (χ4v) is 5.23. The Hall–Kier alpha value is -2.07. The first-order valence-corrected chi connectivity index (χ1v) is 12.9. The molecule has 10 heteroatoms. The van der Waals surface area contributed by atoms with Crippen LogP contribution >= 0.6 is 51.5 Å². The van der Waals surface area contributed by atoms with Crippen LogP contribution in [-0.4, -0.2) is 41.3 Å². The zero-order valence-corrected chi connectivity index (χ0v) is 22.9. The Morgan fingerprint density at radius 2 is 2.09 bits per heavy atom. The summed E-state index contributed by atoms with van der Waals surface area (Å²) in [7, 11) is 1.51. The van der Waals surface area contributed by atoms with Crippen molar-refractivity contribution in [1.29, 1.82) is 0 Å². The summed E-state index contributed by atoms with van der Waals surface area (Å²) in [5.74, 6) is 0.382. The van der Waals surface area contributed by atoms with E-state index in [2.05, 4.69) is 28.2 Å². The highest BCUT2D eigenvalue weighted by atomic mass is 79.9. The van der Waals surface area contributed by atoms with E-state index in [1.807, 2.05) is 13.0 Å². The van der Waals surface area contributed by atoms with Gasteiger partial charge in [-0.1, -0.05) is 55.0 Å². The van der Waals surface area contributed by atoms with E-state index in [4.69, 9.17) is 33.3 Å². The molecular formula is C24H24BrClN2O4S2. The van der Waals surface area contributed by atoms with Gasteiger partial charge < -0.3 is 14.8 Å². The maximum absolute atomic E-state index is 12.7. The average molecular weight is 584 g/mol. The molecule has 0 bridgehead atoms. The molecule has 1 fully saturated rings. The molecule has 3 rings (SSSR count). The predicted molar refractivity (Wildman–Crippen MR) is 146 cm³/mol. The maximum atomic E-state index is 12.7. The molecule has 0 radical (unpaired) electrons. The number of nitrogens with zero attached hydrogens (tertiary/aromatic N) is 1. The number of halogens is 2. The van der Waals surface area contributed by atoms with Crippen molar-refractivity contribution in [3.05, 3.63) is 55.9 Å². The van der Waals surface area contributed by atoms with E-state index in [0.717, 1.165) is 24.0 Å². The Morgan fingerprint density at radius 3 is 2.79 bits per heavy atom. The molecule has 6 nitrogen and oxygen atoms in total. The standard InChI is InChI=1S/C24H24BrClN2O4S2/c1-4-5-8-28-23(30)20(34-24(28)33)11-15-9-17(25)22(19(10-15)31-3)32-13-21(29)27-18-12-16(26)7-6-14(18)2/h6-7,9-12H,4-5,8,13H2,1-3H3,(H,27,29)/b20-11-. The first-order chi connectivity index (χ1) is 16.2. The first-order valence-electron chi connectivity index (χ1n) is 10.5. The van der Waals surface area contributed by atoms with Gasteiger partial charge in [-0.15, -0.1) is 0 Å². The minimum absolute atomic E-state index is 0.0909. The molecule has 1 aliphatic rings. The monoisotopic (exact) mass is 582 g/mol. The molecule has 0 aliphatic carbocycles. The van der Waals surface area contributed by atoms with Crippen LogP contribution in [0, 0.1) is 6.92 Å². The number of carbonyl (C=O) groups excluding carboxylic acids is 2. The van der Waals surface area contributed by atoms with E-state index in [9.17, 15) is 9.59 Å². The number of benzene rings is 2. The van der Waals surface area contributed by atoms with Crippen molar-refractivity contribution in [1.82, 2.24) is 4.90 Å². The maximum Gasteiger partial charge on any atom is 0.266 e. The number of aryl methyl sites for hydroxylation is 1. The van der Waals surface area contributed by atoms with Gasteiger partial charge in [0.25, 0.3) is 11.8 Å². The van der Waals surface area contributed by atoms with Crippen molar-refractivity contribution < 1.29 is 19.1 Å². The highest BCUT2D eigenvalue weighted by Crippen LogP contribution is 2.39. The molecule has 2 aromatic rings. The van der Waals surface area contributed by atoms with Gasteiger partial charge in [-0.2, -0.15) is 0 Å². The van der Waals surface area contributed by atoms with E-state index >= 15 is 0 Å². The second-order valence-electron chi connectivity index (χ2n) is 7.52. The number of rotatable bonds is 9. The Labute approximate surface area is 222 Å². The Balaban J connectivity index is 1.73. The molecule has 180 valence electrons. The molecule has 0 saturated carbocycles. The number of unbranched alkanes of at least 4 members (excludes halogenated alkanes) is 1. The van der Waals surface area contributed by atoms with Gasteiger partial charge in [-0.25, -0.2) is 0 Å². The summed E-state index contributed by atoms with van der Waals surface area (Å²) >= 11 is 16.2. The van der Waals surface area contributed by atoms with E-state index in [1.165, 1.54) is 18.9 Å². The molecular weight excluding hydrogens is 560 g/mol. The van der Waals surface area contributed by atoms with Gasteiger partial charge in [0.2, 0.25) is 0 Å². The lowest BCUT2D eigenvalue weighted by Crippen LogP contribution is -2.28. The van der Waals surface area contributed by atoms with Crippen LogP contribution in [0.4, 0.5) is 5.69 Å². The number of hydrogen-bond acceptors (Lipinski definition) is 6. The quantitative estimate of drug-likeness (QED) is 0.271. The smallest absolute Gasteiger partial charge is 0.266 e. The number of carbonyl (C=O) groups is 2. The largest absolute Gasteiger partial charge is 0.493 e. The van der Waals surface area contributed by atoms with E-state index in [0.29, 0.717) is 42.5 Å². The van der Waals surface area contributed by atoms with Crippen LogP contribution < -0.4 is 14.8 Å². The zero-order valence-electron chi connectivity index (χ0n) is 18.9. The third-order valence-corrected chi connectivity index (χ3v) is 7.18. The van der Waals surface area contributed by atoms with Crippen LogP contribution in [-0.2, 0) is 9.59 Å².